The van der Waals surface area contributed by atoms with Gasteiger partial charge < -0.3 is 4.74 Å². The molecule has 18 heavy (non-hydrogen) atoms. The highest BCUT2D eigenvalue weighted by molar-refractivity contribution is 5.98. The van der Waals surface area contributed by atoms with Crippen molar-refractivity contribution in [2.24, 2.45) is 0 Å². The number of ketones is 1. The lowest BCUT2D eigenvalue weighted by molar-refractivity contribution is 0.00693. The van der Waals surface area contributed by atoms with Crippen LogP contribution in [0.1, 0.15) is 47.9 Å². The van der Waals surface area contributed by atoms with Gasteiger partial charge in [0.15, 0.2) is 5.78 Å². The maximum Gasteiger partial charge on any atom is 0.338 e. The van der Waals surface area contributed by atoms with Crippen LogP contribution in [0.3, 0.4) is 0 Å². The van der Waals surface area contributed by atoms with E-state index in [0.717, 1.165) is 0 Å². The Hall–Kier alpha value is -2.08. The van der Waals surface area contributed by atoms with Crippen LogP contribution in [-0.2, 0) is 4.74 Å². The third-order valence-corrected chi connectivity index (χ3v) is 2.10. The summed E-state index contributed by atoms with van der Waals surface area (Å²) in [6, 6.07) is 6.30. The average Bonchev–Trinajstić information content (AvgIpc) is 2.27. The number of terminal acetylenes is 1. The molecule has 0 bridgehead atoms. The van der Waals surface area contributed by atoms with Crippen molar-refractivity contribution >= 4 is 11.8 Å². The molecule has 3 nitrogen and oxygen atoms in total. The van der Waals surface area contributed by atoms with Crippen LogP contribution in [0.2, 0.25) is 0 Å². The number of esters is 1. The minimum atomic E-state index is -0.533. The molecular weight excluding hydrogens is 228 g/mol. The summed E-state index contributed by atoms with van der Waals surface area (Å²) in [6.45, 7) is 5.40. The summed E-state index contributed by atoms with van der Waals surface area (Å²) in [5.41, 5.74) is 0.386. The van der Waals surface area contributed by atoms with Crippen LogP contribution < -0.4 is 0 Å². The molecule has 1 rings (SSSR count). The lowest BCUT2D eigenvalue weighted by atomic mass is 10.1. The standard InChI is InChI=1S/C15H16O3/c1-5-6-13(16)11-7-9-12(10-8-11)14(17)18-15(2,3)4/h1,7-10H,6H2,2-4H3. The Bertz CT molecular complexity index is 484. The van der Waals surface area contributed by atoms with Gasteiger partial charge in [0.2, 0.25) is 0 Å². The monoisotopic (exact) mass is 244 g/mol. The van der Waals surface area contributed by atoms with Crippen molar-refractivity contribution in [2.45, 2.75) is 32.8 Å². The quantitative estimate of drug-likeness (QED) is 0.466. The van der Waals surface area contributed by atoms with E-state index < -0.39 is 11.6 Å². The zero-order valence-electron chi connectivity index (χ0n) is 10.8. The molecule has 0 aromatic heterocycles. The van der Waals surface area contributed by atoms with Crippen molar-refractivity contribution in [3.05, 3.63) is 35.4 Å². The number of ether oxygens (including phenoxy) is 1. The van der Waals surface area contributed by atoms with Crippen molar-refractivity contribution in [2.75, 3.05) is 0 Å². The topological polar surface area (TPSA) is 43.4 Å². The molecule has 0 aliphatic heterocycles. The number of benzene rings is 1. The molecule has 0 atom stereocenters. The van der Waals surface area contributed by atoms with Gasteiger partial charge in [-0.15, -0.1) is 6.42 Å². The maximum atomic E-state index is 11.7. The van der Waals surface area contributed by atoms with Crippen molar-refractivity contribution in [1.82, 2.24) is 0 Å². The highest BCUT2D eigenvalue weighted by atomic mass is 16.6. The second kappa shape index (κ2) is 5.50. The van der Waals surface area contributed by atoms with Crippen LogP contribution in [0, 0.1) is 12.3 Å². The van der Waals surface area contributed by atoms with Gasteiger partial charge in [0.05, 0.1) is 12.0 Å². The summed E-state index contributed by atoms with van der Waals surface area (Å²) in [5.74, 6) is 1.76. The highest BCUT2D eigenvalue weighted by Crippen LogP contribution is 2.13. The van der Waals surface area contributed by atoms with Crippen LogP contribution in [0.4, 0.5) is 0 Å². The second-order valence-electron chi connectivity index (χ2n) is 4.88. The zero-order valence-corrected chi connectivity index (χ0v) is 10.8. The van der Waals surface area contributed by atoms with Crippen molar-refractivity contribution < 1.29 is 14.3 Å². The number of carbonyl (C=O) groups is 2. The summed E-state index contributed by atoms with van der Waals surface area (Å²) in [6.07, 6.45) is 5.13. The van der Waals surface area contributed by atoms with E-state index in [4.69, 9.17) is 11.2 Å². The molecule has 94 valence electrons. The van der Waals surface area contributed by atoms with Gasteiger partial charge in [-0.3, -0.25) is 4.79 Å². The SMILES string of the molecule is C#CCC(=O)c1ccc(C(=O)OC(C)(C)C)cc1. The molecule has 0 radical (unpaired) electrons. The van der Waals surface area contributed by atoms with Crippen molar-refractivity contribution in [1.29, 1.82) is 0 Å². The lowest BCUT2D eigenvalue weighted by Crippen LogP contribution is -2.23. The van der Waals surface area contributed by atoms with Crippen LogP contribution in [0.5, 0.6) is 0 Å². The molecule has 0 aliphatic carbocycles. The Balaban J connectivity index is 2.81. The minimum Gasteiger partial charge on any atom is -0.456 e. The first-order valence-corrected chi connectivity index (χ1v) is 5.63. The van der Waals surface area contributed by atoms with Gasteiger partial charge in [-0.2, -0.15) is 0 Å². The Morgan fingerprint density at radius 2 is 1.67 bits per heavy atom. The molecule has 0 N–H and O–H groups in total. The fraction of sp³-hybridized carbons (Fsp3) is 0.333. The van der Waals surface area contributed by atoms with Crippen molar-refractivity contribution in [3.8, 4) is 12.3 Å². The Morgan fingerprint density at radius 3 is 2.11 bits per heavy atom. The summed E-state index contributed by atoms with van der Waals surface area (Å²) in [7, 11) is 0. The van der Waals surface area contributed by atoms with Gasteiger partial charge in [-0.1, -0.05) is 18.1 Å². The number of rotatable bonds is 3. The highest BCUT2D eigenvalue weighted by Gasteiger charge is 2.17. The third-order valence-electron chi connectivity index (χ3n) is 2.10. The van der Waals surface area contributed by atoms with E-state index in [9.17, 15) is 9.59 Å². The van der Waals surface area contributed by atoms with E-state index in [0.29, 0.717) is 11.1 Å². The predicted octanol–water partition coefficient (Wildman–Crippen LogP) is 2.85. The van der Waals surface area contributed by atoms with Crippen LogP contribution in [0.25, 0.3) is 0 Å². The Kier molecular flexibility index (Phi) is 4.28. The Labute approximate surface area is 107 Å². The molecule has 0 spiro atoms. The lowest BCUT2D eigenvalue weighted by Gasteiger charge is -2.19. The first-order valence-electron chi connectivity index (χ1n) is 5.63. The number of hydrogen-bond donors (Lipinski definition) is 0. The van der Waals surface area contributed by atoms with E-state index >= 15 is 0 Å². The van der Waals surface area contributed by atoms with Gasteiger partial charge in [-0.25, -0.2) is 4.79 Å². The fourth-order valence-corrected chi connectivity index (χ4v) is 1.32. The Morgan fingerprint density at radius 1 is 1.17 bits per heavy atom. The zero-order chi connectivity index (χ0) is 13.8. The van der Waals surface area contributed by atoms with Gasteiger partial charge in [-0.05, 0) is 32.9 Å². The molecule has 0 unspecified atom stereocenters. The first kappa shape index (κ1) is 14.0. The van der Waals surface area contributed by atoms with E-state index in [1.165, 1.54) is 0 Å². The number of Topliss-reactive ketones (excluding diaryl/α,β-unsaturated/α-hetero) is 1. The average molecular weight is 244 g/mol. The second-order valence-corrected chi connectivity index (χ2v) is 4.88. The van der Waals surface area contributed by atoms with Crippen molar-refractivity contribution in [3.63, 3.8) is 0 Å². The molecule has 0 aliphatic rings. The summed E-state index contributed by atoms with van der Waals surface area (Å²) >= 11 is 0. The normalized spacial score (nSPS) is 10.6. The molecule has 0 saturated carbocycles. The smallest absolute Gasteiger partial charge is 0.338 e. The van der Waals surface area contributed by atoms with Crippen LogP contribution in [-0.4, -0.2) is 17.4 Å². The molecular formula is C15H16O3. The molecule has 0 amide bonds. The van der Waals surface area contributed by atoms with Crippen LogP contribution >= 0.6 is 0 Å². The summed E-state index contributed by atoms with van der Waals surface area (Å²) < 4.78 is 5.22. The van der Waals surface area contributed by atoms with Gasteiger partial charge in [0.1, 0.15) is 5.60 Å². The molecule has 0 saturated heterocycles. The molecule has 0 fully saturated rings. The minimum absolute atomic E-state index is 0.0613. The van der Waals surface area contributed by atoms with E-state index in [2.05, 4.69) is 5.92 Å². The first-order chi connectivity index (χ1) is 8.33. The number of hydrogen-bond acceptors (Lipinski definition) is 3. The predicted molar refractivity (Wildman–Crippen MR) is 69.4 cm³/mol. The van der Waals surface area contributed by atoms with E-state index in [-0.39, 0.29) is 12.2 Å². The third kappa shape index (κ3) is 4.06. The molecule has 1 aromatic carbocycles. The van der Waals surface area contributed by atoms with Gasteiger partial charge >= 0.3 is 5.97 Å². The summed E-state index contributed by atoms with van der Waals surface area (Å²) in [5, 5.41) is 0. The molecule has 1 aromatic rings. The maximum absolute atomic E-state index is 11.7. The fourth-order valence-electron chi connectivity index (χ4n) is 1.32. The largest absolute Gasteiger partial charge is 0.456 e. The van der Waals surface area contributed by atoms with Gasteiger partial charge in [0, 0.05) is 5.56 Å². The van der Waals surface area contributed by atoms with Crippen LogP contribution in [0.15, 0.2) is 24.3 Å². The summed E-state index contributed by atoms with van der Waals surface area (Å²) in [4.78, 5) is 23.2. The molecule has 3 heteroatoms. The molecule has 0 heterocycles. The van der Waals surface area contributed by atoms with E-state index in [1.807, 2.05) is 0 Å². The number of carbonyl (C=O) groups excluding carboxylic acids is 2. The van der Waals surface area contributed by atoms with E-state index in [1.54, 1.807) is 45.0 Å². The van der Waals surface area contributed by atoms with Gasteiger partial charge in [0.25, 0.3) is 0 Å².